The van der Waals surface area contributed by atoms with E-state index in [4.69, 9.17) is 0 Å². The Hall–Kier alpha value is -2.74. The Morgan fingerprint density at radius 3 is 2.71 bits per heavy atom. The lowest BCUT2D eigenvalue weighted by atomic mass is 10.0. The van der Waals surface area contributed by atoms with Crippen LogP contribution in [0.25, 0.3) is 0 Å². The summed E-state index contributed by atoms with van der Waals surface area (Å²) in [4.78, 5) is 25.1. The zero-order valence-electron chi connectivity index (χ0n) is 12.5. The van der Waals surface area contributed by atoms with E-state index in [1.807, 2.05) is 11.4 Å². The zero-order chi connectivity index (χ0) is 17.3. The minimum atomic E-state index is -1.05. The molecule has 8 heteroatoms. The number of allylic oxidation sites excluding steroid dienone is 1. The fourth-order valence-electron chi connectivity index (χ4n) is 2.44. The minimum Gasteiger partial charge on any atom is -0.326 e. The van der Waals surface area contributed by atoms with Crippen LogP contribution < -0.4 is 16.0 Å². The molecule has 1 aromatic carbocycles. The van der Waals surface area contributed by atoms with E-state index in [0.717, 1.165) is 17.0 Å². The molecule has 2 aromatic rings. The highest BCUT2D eigenvalue weighted by molar-refractivity contribution is 7.10. The van der Waals surface area contributed by atoms with Crippen molar-refractivity contribution in [2.24, 2.45) is 0 Å². The van der Waals surface area contributed by atoms with Crippen LogP contribution in [-0.4, -0.2) is 11.9 Å². The summed E-state index contributed by atoms with van der Waals surface area (Å²) in [5, 5.41) is 9.61. The van der Waals surface area contributed by atoms with Gasteiger partial charge in [-0.3, -0.25) is 4.79 Å². The molecular weight excluding hydrogens is 336 g/mol. The molecule has 3 N–H and O–H groups in total. The second-order valence-corrected chi connectivity index (χ2v) is 6.15. The summed E-state index contributed by atoms with van der Waals surface area (Å²) >= 11 is 1.40. The quantitative estimate of drug-likeness (QED) is 0.796. The van der Waals surface area contributed by atoms with Crippen LogP contribution in [0.5, 0.6) is 0 Å². The lowest BCUT2D eigenvalue weighted by Crippen LogP contribution is -2.45. The van der Waals surface area contributed by atoms with Crippen molar-refractivity contribution < 1.29 is 18.4 Å². The largest absolute Gasteiger partial charge is 0.326 e. The van der Waals surface area contributed by atoms with E-state index in [1.165, 1.54) is 17.4 Å². The van der Waals surface area contributed by atoms with Crippen LogP contribution in [0.3, 0.4) is 0 Å². The van der Waals surface area contributed by atoms with E-state index in [2.05, 4.69) is 16.0 Å². The highest BCUT2D eigenvalue weighted by Gasteiger charge is 2.31. The molecule has 0 radical (unpaired) electrons. The maximum absolute atomic E-state index is 13.3. The van der Waals surface area contributed by atoms with Gasteiger partial charge in [-0.05, 0) is 30.5 Å². The molecule has 0 saturated heterocycles. The summed E-state index contributed by atoms with van der Waals surface area (Å²) in [7, 11) is 0. The maximum atomic E-state index is 13.3. The second-order valence-electron chi connectivity index (χ2n) is 5.17. The Balaban J connectivity index is 1.91. The van der Waals surface area contributed by atoms with Crippen molar-refractivity contribution in [3.8, 4) is 0 Å². The predicted molar refractivity (Wildman–Crippen MR) is 86.4 cm³/mol. The van der Waals surface area contributed by atoms with E-state index in [1.54, 1.807) is 13.0 Å². The summed E-state index contributed by atoms with van der Waals surface area (Å²) in [6.07, 6.45) is 0. The van der Waals surface area contributed by atoms with Gasteiger partial charge in [-0.1, -0.05) is 6.07 Å². The van der Waals surface area contributed by atoms with Crippen molar-refractivity contribution in [3.63, 3.8) is 0 Å². The summed E-state index contributed by atoms with van der Waals surface area (Å²) in [5.41, 5.74) is 0.833. The molecule has 0 saturated carbocycles. The first-order valence-corrected chi connectivity index (χ1v) is 7.92. The number of thiophene rings is 1. The molecule has 5 nitrogen and oxygen atoms in total. The number of urea groups is 1. The van der Waals surface area contributed by atoms with Gasteiger partial charge in [-0.25, -0.2) is 13.6 Å². The Morgan fingerprint density at radius 1 is 1.25 bits per heavy atom. The summed E-state index contributed by atoms with van der Waals surface area (Å²) in [5.74, 6) is -2.56. The van der Waals surface area contributed by atoms with E-state index >= 15 is 0 Å². The molecule has 0 bridgehead atoms. The molecule has 124 valence electrons. The molecular formula is C16H13F2N3O2S. The molecule has 1 aliphatic rings. The van der Waals surface area contributed by atoms with Crippen LogP contribution in [0.4, 0.5) is 19.3 Å². The highest BCUT2D eigenvalue weighted by Crippen LogP contribution is 2.30. The number of benzene rings is 1. The fraction of sp³-hybridized carbons (Fsp3) is 0.125. The molecule has 1 unspecified atom stereocenters. The molecule has 0 spiro atoms. The van der Waals surface area contributed by atoms with Gasteiger partial charge in [0.25, 0.3) is 5.91 Å². The van der Waals surface area contributed by atoms with Gasteiger partial charge < -0.3 is 16.0 Å². The Labute approximate surface area is 140 Å². The van der Waals surface area contributed by atoms with E-state index in [9.17, 15) is 18.4 Å². The Morgan fingerprint density at radius 2 is 2.04 bits per heavy atom. The van der Waals surface area contributed by atoms with Crippen molar-refractivity contribution in [2.45, 2.75) is 13.0 Å². The molecule has 24 heavy (non-hydrogen) atoms. The number of halogens is 2. The van der Waals surface area contributed by atoms with Gasteiger partial charge >= 0.3 is 6.03 Å². The fourth-order valence-corrected chi connectivity index (χ4v) is 3.22. The van der Waals surface area contributed by atoms with E-state index in [0.29, 0.717) is 11.3 Å². The molecule has 1 aliphatic heterocycles. The first-order chi connectivity index (χ1) is 11.5. The first-order valence-electron chi connectivity index (χ1n) is 7.04. The first kappa shape index (κ1) is 16.1. The number of hydrogen-bond donors (Lipinski definition) is 3. The van der Waals surface area contributed by atoms with Crippen LogP contribution >= 0.6 is 11.3 Å². The third kappa shape index (κ3) is 3.13. The van der Waals surface area contributed by atoms with Crippen molar-refractivity contribution in [3.05, 3.63) is 63.5 Å². The van der Waals surface area contributed by atoms with E-state index < -0.39 is 29.6 Å². The smallest absolute Gasteiger partial charge is 0.319 e. The van der Waals surface area contributed by atoms with Crippen LogP contribution in [0.1, 0.15) is 17.8 Å². The second kappa shape index (κ2) is 6.40. The zero-order valence-corrected chi connectivity index (χ0v) is 13.3. The van der Waals surface area contributed by atoms with Gasteiger partial charge in [0.1, 0.15) is 0 Å². The number of nitrogens with one attached hydrogen (secondary N) is 3. The maximum Gasteiger partial charge on any atom is 0.319 e. The minimum absolute atomic E-state index is 0.126. The number of rotatable bonds is 3. The highest BCUT2D eigenvalue weighted by atomic mass is 32.1. The van der Waals surface area contributed by atoms with Gasteiger partial charge in [0.15, 0.2) is 11.6 Å². The average molecular weight is 349 g/mol. The van der Waals surface area contributed by atoms with Crippen LogP contribution in [0, 0.1) is 11.6 Å². The summed E-state index contributed by atoms with van der Waals surface area (Å²) in [6.45, 7) is 1.61. The predicted octanol–water partition coefficient (Wildman–Crippen LogP) is 3.29. The normalized spacial score (nSPS) is 17.3. The standard InChI is InChI=1S/C16H13F2N3O2S/c1-8-13(14(21-16(23)19-8)12-3-2-6-24-12)15(22)20-9-4-5-10(17)11(18)7-9/h2-7,14H,1H3,(H,20,22)(H2,19,21,23). The monoisotopic (exact) mass is 349 g/mol. The SMILES string of the molecule is CC1=C(C(=O)Nc2ccc(F)c(F)c2)C(c2cccs2)NC(=O)N1. The van der Waals surface area contributed by atoms with Crippen LogP contribution in [0.15, 0.2) is 47.0 Å². The number of anilines is 1. The van der Waals surface area contributed by atoms with Crippen molar-refractivity contribution in [1.29, 1.82) is 0 Å². The molecule has 0 aliphatic carbocycles. The summed E-state index contributed by atoms with van der Waals surface area (Å²) in [6, 6.07) is 5.70. The number of hydrogen-bond acceptors (Lipinski definition) is 3. The molecule has 0 fully saturated rings. The number of carbonyl (C=O) groups excluding carboxylic acids is 2. The molecule has 3 rings (SSSR count). The van der Waals surface area contributed by atoms with Crippen molar-refractivity contribution >= 4 is 29.0 Å². The van der Waals surface area contributed by atoms with Crippen molar-refractivity contribution in [1.82, 2.24) is 10.6 Å². The molecule has 2 heterocycles. The van der Waals surface area contributed by atoms with Gasteiger partial charge in [-0.15, -0.1) is 11.3 Å². The molecule has 3 amide bonds. The third-order valence-corrected chi connectivity index (χ3v) is 4.46. The lowest BCUT2D eigenvalue weighted by molar-refractivity contribution is -0.113. The Bertz CT molecular complexity index is 834. The van der Waals surface area contributed by atoms with Gasteiger partial charge in [0.2, 0.25) is 0 Å². The number of carbonyl (C=O) groups is 2. The van der Waals surface area contributed by atoms with Crippen LogP contribution in [-0.2, 0) is 4.79 Å². The molecule has 1 atom stereocenters. The van der Waals surface area contributed by atoms with E-state index in [-0.39, 0.29) is 5.69 Å². The van der Waals surface area contributed by atoms with Crippen molar-refractivity contribution in [2.75, 3.05) is 5.32 Å². The molecule has 1 aromatic heterocycles. The number of amides is 3. The lowest BCUT2D eigenvalue weighted by Gasteiger charge is -2.27. The Kier molecular flexibility index (Phi) is 4.30. The van der Waals surface area contributed by atoms with Gasteiger partial charge in [0, 0.05) is 22.3 Å². The summed E-state index contributed by atoms with van der Waals surface area (Å²) < 4.78 is 26.3. The topological polar surface area (TPSA) is 70.2 Å². The average Bonchev–Trinajstić information content (AvgIpc) is 3.04. The van der Waals surface area contributed by atoms with Gasteiger partial charge in [0.05, 0.1) is 11.6 Å². The third-order valence-electron chi connectivity index (χ3n) is 3.52. The van der Waals surface area contributed by atoms with Gasteiger partial charge in [-0.2, -0.15) is 0 Å². The van der Waals surface area contributed by atoms with Crippen LogP contribution in [0.2, 0.25) is 0 Å².